The normalized spacial score (nSPS) is 31.1. The van der Waals surface area contributed by atoms with E-state index in [9.17, 15) is 9.59 Å². The fraction of sp³-hybridized carbons (Fsp3) is 0.882. The van der Waals surface area contributed by atoms with Gasteiger partial charge in [0.15, 0.2) is 0 Å². The van der Waals surface area contributed by atoms with Crippen LogP contribution in [-0.4, -0.2) is 73.2 Å². The molecule has 1 saturated carbocycles. The lowest BCUT2D eigenvalue weighted by Crippen LogP contribution is -2.55. The Kier molecular flexibility index (Phi) is 5.21. The van der Waals surface area contributed by atoms with E-state index in [1.807, 2.05) is 9.80 Å². The number of hydrogen-bond donors (Lipinski definition) is 0. The van der Waals surface area contributed by atoms with Gasteiger partial charge in [0.2, 0.25) is 11.8 Å². The molecule has 23 heavy (non-hydrogen) atoms. The lowest BCUT2D eigenvalue weighted by Gasteiger charge is -2.43. The van der Waals surface area contributed by atoms with Crippen LogP contribution in [0.25, 0.3) is 0 Å². The first-order valence-corrected chi connectivity index (χ1v) is 8.86. The fourth-order valence-electron chi connectivity index (χ4n) is 4.17. The minimum absolute atomic E-state index is 0.101. The zero-order chi connectivity index (χ0) is 16.3. The molecule has 130 valence electrons. The molecule has 1 aliphatic carbocycles. The van der Waals surface area contributed by atoms with Crippen LogP contribution >= 0.6 is 0 Å². The number of carbonyl (C=O) groups excluding carboxylic acids is 2. The van der Waals surface area contributed by atoms with Gasteiger partial charge in [-0.25, -0.2) is 0 Å². The predicted molar refractivity (Wildman–Crippen MR) is 84.9 cm³/mol. The van der Waals surface area contributed by atoms with Crippen LogP contribution in [0.4, 0.5) is 0 Å². The summed E-state index contributed by atoms with van der Waals surface area (Å²) in [6, 6.07) is 0. The predicted octanol–water partition coefficient (Wildman–Crippen LogP) is 1.04. The molecule has 6 heteroatoms. The molecule has 0 radical (unpaired) electrons. The Morgan fingerprint density at radius 3 is 2.70 bits per heavy atom. The molecule has 0 N–H and O–H groups in total. The molecule has 2 aliphatic heterocycles. The van der Waals surface area contributed by atoms with Crippen LogP contribution in [0.2, 0.25) is 0 Å². The van der Waals surface area contributed by atoms with Gasteiger partial charge in [0.1, 0.15) is 6.61 Å². The Labute approximate surface area is 138 Å². The second kappa shape index (κ2) is 7.18. The average molecular weight is 324 g/mol. The van der Waals surface area contributed by atoms with E-state index < -0.39 is 0 Å². The lowest BCUT2D eigenvalue weighted by atomic mass is 9.89. The van der Waals surface area contributed by atoms with Crippen molar-refractivity contribution in [3.8, 4) is 0 Å². The van der Waals surface area contributed by atoms with Gasteiger partial charge < -0.3 is 19.3 Å². The molecule has 0 bridgehead atoms. The molecule has 2 saturated heterocycles. The molecule has 0 unspecified atom stereocenters. The second-order valence-electron chi connectivity index (χ2n) is 7.05. The molecule has 3 rings (SSSR count). The molecule has 2 amide bonds. The van der Waals surface area contributed by atoms with Gasteiger partial charge in [0.05, 0.1) is 25.4 Å². The summed E-state index contributed by atoms with van der Waals surface area (Å²) in [5, 5.41) is 0. The zero-order valence-corrected chi connectivity index (χ0v) is 14.1. The first kappa shape index (κ1) is 16.7. The number of likely N-dealkylation sites (tertiary alicyclic amines) is 1. The third kappa shape index (κ3) is 3.69. The highest BCUT2D eigenvalue weighted by Crippen LogP contribution is 2.41. The molecule has 6 nitrogen and oxygen atoms in total. The summed E-state index contributed by atoms with van der Waals surface area (Å²) in [5.74, 6) is 0.490. The van der Waals surface area contributed by atoms with Gasteiger partial charge in [-0.3, -0.25) is 9.59 Å². The minimum Gasteiger partial charge on any atom is -0.371 e. The van der Waals surface area contributed by atoms with Crippen LogP contribution in [0.15, 0.2) is 0 Å². The van der Waals surface area contributed by atoms with Crippen molar-refractivity contribution < 1.29 is 19.1 Å². The van der Waals surface area contributed by atoms with Crippen LogP contribution in [-0.2, 0) is 19.1 Å². The van der Waals surface area contributed by atoms with Crippen molar-refractivity contribution in [3.63, 3.8) is 0 Å². The van der Waals surface area contributed by atoms with Crippen molar-refractivity contribution in [2.75, 3.05) is 46.0 Å². The van der Waals surface area contributed by atoms with Gasteiger partial charge in [-0.05, 0) is 25.7 Å². The maximum atomic E-state index is 12.0. The second-order valence-corrected chi connectivity index (χ2v) is 7.05. The van der Waals surface area contributed by atoms with Crippen molar-refractivity contribution in [1.29, 1.82) is 0 Å². The Balaban J connectivity index is 1.50. The van der Waals surface area contributed by atoms with Crippen LogP contribution < -0.4 is 0 Å². The van der Waals surface area contributed by atoms with Crippen LogP contribution in [0.1, 0.15) is 39.0 Å². The standard InChI is InChI=1S/C17H28N2O4/c1-14(20)19-9-10-23-17(13-19)6-4-5-15(17)11-22-12-16(21)18-7-2-3-8-18/h15H,2-13H2,1H3/t15-,17+/m0/s1. The Bertz CT molecular complexity index is 450. The Morgan fingerprint density at radius 1 is 1.17 bits per heavy atom. The number of ether oxygens (including phenoxy) is 2. The van der Waals surface area contributed by atoms with E-state index in [1.165, 1.54) is 0 Å². The highest BCUT2D eigenvalue weighted by Gasteiger charge is 2.47. The molecule has 0 aromatic carbocycles. The molecule has 1 spiro atoms. The van der Waals surface area contributed by atoms with Crippen LogP contribution in [0, 0.1) is 5.92 Å². The van der Waals surface area contributed by atoms with Gasteiger partial charge in [-0.2, -0.15) is 0 Å². The molecular formula is C17H28N2O4. The number of carbonyl (C=O) groups is 2. The van der Waals surface area contributed by atoms with E-state index in [-0.39, 0.29) is 29.9 Å². The highest BCUT2D eigenvalue weighted by molar-refractivity contribution is 5.77. The zero-order valence-electron chi connectivity index (χ0n) is 14.1. The van der Waals surface area contributed by atoms with Gasteiger partial charge in [0.25, 0.3) is 0 Å². The van der Waals surface area contributed by atoms with Crippen LogP contribution in [0.5, 0.6) is 0 Å². The van der Waals surface area contributed by atoms with E-state index in [4.69, 9.17) is 9.47 Å². The topological polar surface area (TPSA) is 59.1 Å². The van der Waals surface area contributed by atoms with Gasteiger partial charge in [-0.1, -0.05) is 6.42 Å². The van der Waals surface area contributed by atoms with E-state index in [1.54, 1.807) is 6.92 Å². The van der Waals surface area contributed by atoms with Gasteiger partial charge in [-0.15, -0.1) is 0 Å². The van der Waals surface area contributed by atoms with Crippen molar-refractivity contribution in [3.05, 3.63) is 0 Å². The van der Waals surface area contributed by atoms with E-state index >= 15 is 0 Å². The monoisotopic (exact) mass is 324 g/mol. The third-order valence-electron chi connectivity index (χ3n) is 5.55. The van der Waals surface area contributed by atoms with Gasteiger partial charge >= 0.3 is 0 Å². The molecule has 3 fully saturated rings. The summed E-state index contributed by atoms with van der Waals surface area (Å²) in [4.78, 5) is 27.5. The van der Waals surface area contributed by atoms with Crippen molar-refractivity contribution in [2.24, 2.45) is 5.92 Å². The largest absolute Gasteiger partial charge is 0.371 e. The Hall–Kier alpha value is -1.14. The average Bonchev–Trinajstić information content (AvgIpc) is 3.18. The number of amides is 2. The summed E-state index contributed by atoms with van der Waals surface area (Å²) in [5.41, 5.74) is -0.263. The summed E-state index contributed by atoms with van der Waals surface area (Å²) in [6.45, 7) is 6.01. The molecule has 0 aromatic rings. The number of hydrogen-bond acceptors (Lipinski definition) is 4. The van der Waals surface area contributed by atoms with E-state index in [0.29, 0.717) is 26.3 Å². The van der Waals surface area contributed by atoms with Crippen molar-refractivity contribution in [1.82, 2.24) is 9.80 Å². The summed E-state index contributed by atoms with van der Waals surface area (Å²) >= 11 is 0. The highest BCUT2D eigenvalue weighted by atomic mass is 16.5. The first-order chi connectivity index (χ1) is 11.1. The quantitative estimate of drug-likeness (QED) is 0.775. The summed E-state index contributed by atoms with van der Waals surface area (Å²) < 4.78 is 11.8. The lowest BCUT2D eigenvalue weighted by molar-refractivity contribution is -0.161. The van der Waals surface area contributed by atoms with Crippen molar-refractivity contribution in [2.45, 2.75) is 44.6 Å². The third-order valence-corrected chi connectivity index (χ3v) is 5.55. The van der Waals surface area contributed by atoms with Crippen molar-refractivity contribution >= 4 is 11.8 Å². The SMILES string of the molecule is CC(=O)N1CCO[C@]2(CCC[C@H]2COCC(=O)N2CCCC2)C1. The van der Waals surface area contributed by atoms with Crippen LogP contribution in [0.3, 0.4) is 0 Å². The minimum atomic E-state index is -0.263. The van der Waals surface area contributed by atoms with Gasteiger partial charge in [0, 0.05) is 32.5 Å². The number of morpholine rings is 1. The maximum Gasteiger partial charge on any atom is 0.248 e. The summed E-state index contributed by atoms with van der Waals surface area (Å²) in [7, 11) is 0. The Morgan fingerprint density at radius 2 is 1.96 bits per heavy atom. The smallest absolute Gasteiger partial charge is 0.248 e. The molecule has 0 aromatic heterocycles. The molecular weight excluding hydrogens is 296 g/mol. The number of rotatable bonds is 4. The van der Waals surface area contributed by atoms with E-state index in [2.05, 4.69) is 0 Å². The molecule has 2 heterocycles. The van der Waals surface area contributed by atoms with E-state index in [0.717, 1.165) is 45.2 Å². The number of nitrogens with zero attached hydrogens (tertiary/aromatic N) is 2. The molecule has 2 atom stereocenters. The maximum absolute atomic E-state index is 12.0. The fourth-order valence-corrected chi connectivity index (χ4v) is 4.17. The first-order valence-electron chi connectivity index (χ1n) is 8.86. The summed E-state index contributed by atoms with van der Waals surface area (Å²) in [6.07, 6.45) is 5.33. The molecule has 3 aliphatic rings.